The van der Waals surface area contributed by atoms with Gasteiger partial charge < -0.3 is 15.5 Å². The summed E-state index contributed by atoms with van der Waals surface area (Å²) in [4.78, 5) is 16.6. The van der Waals surface area contributed by atoms with Crippen LogP contribution in [0.15, 0.2) is 90.9 Å². The first-order valence-electron chi connectivity index (χ1n) is 9.55. The maximum atomic E-state index is 12.8. The summed E-state index contributed by atoms with van der Waals surface area (Å²) in [6, 6.07) is 21.3. The summed E-state index contributed by atoms with van der Waals surface area (Å²) in [6.45, 7) is 0.429. The summed E-state index contributed by atoms with van der Waals surface area (Å²) < 4.78 is 38.3. The molecule has 0 aliphatic rings. The van der Waals surface area contributed by atoms with Crippen LogP contribution in [0.1, 0.15) is 11.1 Å². The first kappa shape index (κ1) is 22.7. The minimum Gasteiger partial charge on any atom is -0.391 e. The first-order valence-corrected chi connectivity index (χ1v) is 9.55. The Morgan fingerprint density at radius 3 is 2.28 bits per heavy atom. The highest BCUT2D eigenvalue weighted by Gasteiger charge is 2.30. The SMILES string of the molecule is NO/C(=C\NCc1ccc(-c2ccccc2)cc1)NC(=O)Nc1cccc(C(F)(F)F)c1. The predicted molar refractivity (Wildman–Crippen MR) is 116 cm³/mol. The van der Waals surface area contributed by atoms with Crippen molar-refractivity contribution in [2.45, 2.75) is 12.7 Å². The lowest BCUT2D eigenvalue weighted by Gasteiger charge is -2.12. The van der Waals surface area contributed by atoms with E-state index in [4.69, 9.17) is 5.90 Å². The van der Waals surface area contributed by atoms with Crippen molar-refractivity contribution < 1.29 is 22.8 Å². The highest BCUT2D eigenvalue weighted by atomic mass is 19.4. The van der Waals surface area contributed by atoms with Crippen molar-refractivity contribution in [1.29, 1.82) is 0 Å². The second-order valence-corrected chi connectivity index (χ2v) is 6.73. The molecule has 9 heteroatoms. The number of benzene rings is 3. The van der Waals surface area contributed by atoms with Crippen LogP contribution >= 0.6 is 0 Å². The number of carbonyl (C=O) groups is 1. The number of amides is 2. The Bertz CT molecular complexity index is 1070. The largest absolute Gasteiger partial charge is 0.416 e. The molecule has 5 N–H and O–H groups in total. The molecule has 32 heavy (non-hydrogen) atoms. The van der Waals surface area contributed by atoms with Gasteiger partial charge in [0.05, 0.1) is 11.8 Å². The molecule has 3 aromatic rings. The van der Waals surface area contributed by atoms with E-state index < -0.39 is 17.8 Å². The van der Waals surface area contributed by atoms with Crippen molar-refractivity contribution >= 4 is 11.7 Å². The van der Waals surface area contributed by atoms with E-state index in [0.29, 0.717) is 6.54 Å². The van der Waals surface area contributed by atoms with Gasteiger partial charge in [0.15, 0.2) is 0 Å². The number of alkyl halides is 3. The smallest absolute Gasteiger partial charge is 0.391 e. The molecule has 0 bridgehead atoms. The average Bonchev–Trinajstić information content (AvgIpc) is 2.79. The summed E-state index contributed by atoms with van der Waals surface area (Å²) >= 11 is 0. The van der Waals surface area contributed by atoms with E-state index >= 15 is 0 Å². The van der Waals surface area contributed by atoms with Gasteiger partial charge in [0.2, 0.25) is 5.88 Å². The molecule has 0 saturated carbocycles. The summed E-state index contributed by atoms with van der Waals surface area (Å²) in [5.41, 5.74) is 2.28. The molecule has 0 saturated heterocycles. The molecule has 3 rings (SSSR count). The molecule has 0 aliphatic heterocycles. The molecule has 0 aromatic heterocycles. The Hall–Kier alpha value is -3.98. The van der Waals surface area contributed by atoms with Crippen molar-refractivity contribution in [2.75, 3.05) is 5.32 Å². The summed E-state index contributed by atoms with van der Waals surface area (Å²) in [7, 11) is 0. The molecule has 2 amide bonds. The normalized spacial score (nSPS) is 11.6. The number of rotatable bonds is 7. The van der Waals surface area contributed by atoms with E-state index in [1.54, 1.807) is 0 Å². The van der Waals surface area contributed by atoms with Crippen LogP contribution in [-0.4, -0.2) is 6.03 Å². The van der Waals surface area contributed by atoms with Crippen LogP contribution in [0.4, 0.5) is 23.7 Å². The summed E-state index contributed by atoms with van der Waals surface area (Å²) in [5, 5.41) is 7.56. The van der Waals surface area contributed by atoms with Gasteiger partial charge in [-0.2, -0.15) is 19.1 Å². The van der Waals surface area contributed by atoms with E-state index in [9.17, 15) is 18.0 Å². The lowest BCUT2D eigenvalue weighted by molar-refractivity contribution is -0.137. The van der Waals surface area contributed by atoms with Crippen molar-refractivity contribution in [3.63, 3.8) is 0 Å². The zero-order valence-corrected chi connectivity index (χ0v) is 16.8. The van der Waals surface area contributed by atoms with Crippen LogP contribution in [0.5, 0.6) is 0 Å². The Morgan fingerprint density at radius 2 is 1.62 bits per heavy atom. The fourth-order valence-corrected chi connectivity index (χ4v) is 2.85. The number of nitrogens with two attached hydrogens (primary N) is 1. The molecule has 0 fully saturated rings. The third-order valence-corrected chi connectivity index (χ3v) is 4.41. The lowest BCUT2D eigenvalue weighted by atomic mass is 10.0. The number of hydrogen-bond acceptors (Lipinski definition) is 4. The number of halogens is 3. The molecule has 0 atom stereocenters. The number of carbonyl (C=O) groups excluding carboxylic acids is 1. The quantitative estimate of drug-likeness (QED) is 0.307. The standard InChI is InChI=1S/C23H21F3N4O2/c24-23(25,26)19-7-4-8-20(13-19)29-22(31)30-21(32-27)15-28-14-16-9-11-18(12-10-16)17-5-2-1-3-6-17/h1-13,15,28H,14,27H2,(H2,29,30,31)/b21-15-. The van der Waals surface area contributed by atoms with Crippen LogP contribution in [0.3, 0.4) is 0 Å². The maximum Gasteiger partial charge on any atom is 0.416 e. The topological polar surface area (TPSA) is 88.4 Å². The second-order valence-electron chi connectivity index (χ2n) is 6.73. The Morgan fingerprint density at radius 1 is 0.938 bits per heavy atom. The molecule has 3 aromatic carbocycles. The molecule has 0 unspecified atom stereocenters. The molecule has 6 nitrogen and oxygen atoms in total. The fourth-order valence-electron chi connectivity index (χ4n) is 2.85. The predicted octanol–water partition coefficient (Wildman–Crippen LogP) is 4.97. The number of nitrogens with one attached hydrogen (secondary N) is 3. The molecule has 166 valence electrons. The van der Waals surface area contributed by atoms with Gasteiger partial charge in [-0.25, -0.2) is 4.79 Å². The van der Waals surface area contributed by atoms with Crippen LogP contribution in [0.25, 0.3) is 11.1 Å². The van der Waals surface area contributed by atoms with Crippen LogP contribution in [0, 0.1) is 0 Å². The van der Waals surface area contributed by atoms with Gasteiger partial charge >= 0.3 is 12.2 Å². The van der Waals surface area contributed by atoms with Gasteiger partial charge in [-0.3, -0.25) is 5.32 Å². The van der Waals surface area contributed by atoms with Crippen molar-refractivity contribution in [2.24, 2.45) is 5.90 Å². The number of urea groups is 1. The third-order valence-electron chi connectivity index (χ3n) is 4.41. The zero-order chi connectivity index (χ0) is 23.0. The maximum absolute atomic E-state index is 12.8. The van der Waals surface area contributed by atoms with Crippen molar-refractivity contribution in [3.05, 3.63) is 102 Å². The van der Waals surface area contributed by atoms with Gasteiger partial charge in [0, 0.05) is 12.2 Å². The minimum atomic E-state index is -4.51. The Kier molecular flexibility index (Phi) is 7.35. The van der Waals surface area contributed by atoms with Crippen LogP contribution in [0.2, 0.25) is 0 Å². The monoisotopic (exact) mass is 442 g/mol. The van der Waals surface area contributed by atoms with E-state index in [2.05, 4.69) is 20.8 Å². The lowest BCUT2D eigenvalue weighted by Crippen LogP contribution is -2.31. The van der Waals surface area contributed by atoms with Crippen LogP contribution < -0.4 is 21.8 Å². The van der Waals surface area contributed by atoms with Gasteiger partial charge in [-0.05, 0) is 34.9 Å². The van der Waals surface area contributed by atoms with Gasteiger partial charge in [-0.15, -0.1) is 0 Å². The summed E-state index contributed by atoms with van der Waals surface area (Å²) in [5.74, 6) is 5.04. The Labute approximate surface area is 182 Å². The molecule has 0 radical (unpaired) electrons. The molecular weight excluding hydrogens is 421 g/mol. The fraction of sp³-hybridized carbons (Fsp3) is 0.0870. The molecule has 0 aliphatic carbocycles. The first-order chi connectivity index (χ1) is 15.3. The number of anilines is 1. The number of hydrogen-bond donors (Lipinski definition) is 4. The van der Waals surface area contributed by atoms with E-state index in [0.717, 1.165) is 28.8 Å². The average molecular weight is 442 g/mol. The van der Waals surface area contributed by atoms with Gasteiger partial charge in [0.25, 0.3) is 0 Å². The molecular formula is C23H21F3N4O2. The van der Waals surface area contributed by atoms with Gasteiger partial charge in [0.1, 0.15) is 0 Å². The summed E-state index contributed by atoms with van der Waals surface area (Å²) in [6.07, 6.45) is -3.17. The third kappa shape index (κ3) is 6.51. The van der Waals surface area contributed by atoms with Crippen molar-refractivity contribution in [1.82, 2.24) is 10.6 Å². The highest BCUT2D eigenvalue weighted by Crippen LogP contribution is 2.30. The zero-order valence-electron chi connectivity index (χ0n) is 16.8. The van der Waals surface area contributed by atoms with E-state index in [1.807, 2.05) is 54.6 Å². The minimum absolute atomic E-state index is 0.0276. The Balaban J connectivity index is 1.53. The van der Waals surface area contributed by atoms with E-state index in [-0.39, 0.29) is 11.6 Å². The second kappa shape index (κ2) is 10.4. The molecule has 0 spiro atoms. The van der Waals surface area contributed by atoms with E-state index in [1.165, 1.54) is 18.3 Å². The van der Waals surface area contributed by atoms with Crippen LogP contribution in [-0.2, 0) is 17.6 Å². The highest BCUT2D eigenvalue weighted by molar-refractivity contribution is 5.90. The van der Waals surface area contributed by atoms with Crippen molar-refractivity contribution in [3.8, 4) is 11.1 Å². The molecule has 0 heterocycles. The van der Waals surface area contributed by atoms with Gasteiger partial charge in [-0.1, -0.05) is 60.7 Å².